The number of benzene rings is 2. The van der Waals surface area contributed by atoms with Gasteiger partial charge in [0.25, 0.3) is 0 Å². The highest BCUT2D eigenvalue weighted by Gasteiger charge is 2.19. The lowest BCUT2D eigenvalue weighted by molar-refractivity contribution is -0.137. The van der Waals surface area contributed by atoms with Crippen molar-refractivity contribution in [3.05, 3.63) is 70.2 Å². The van der Waals surface area contributed by atoms with E-state index in [1.165, 1.54) is 18.9 Å². The van der Waals surface area contributed by atoms with E-state index in [1.54, 1.807) is 0 Å². The number of esters is 1. The zero-order chi connectivity index (χ0) is 16.7. The lowest BCUT2D eigenvalue weighted by Crippen LogP contribution is -2.09. The highest BCUT2D eigenvalue weighted by molar-refractivity contribution is 9.10. The SMILES string of the molecule is COC(=O)CS[C@@H](CC(=O)c1ccccc1)c1ccc(Br)cc1. The van der Waals surface area contributed by atoms with Crippen LogP contribution in [0.25, 0.3) is 0 Å². The molecule has 5 heteroatoms. The minimum absolute atomic E-state index is 0.0656. The van der Waals surface area contributed by atoms with Gasteiger partial charge in [-0.2, -0.15) is 0 Å². The third kappa shape index (κ3) is 5.52. The summed E-state index contributed by atoms with van der Waals surface area (Å²) in [6.07, 6.45) is 0.341. The Kier molecular flexibility index (Phi) is 6.86. The van der Waals surface area contributed by atoms with Gasteiger partial charge in [0.1, 0.15) is 0 Å². The number of thioether (sulfide) groups is 1. The van der Waals surface area contributed by atoms with Gasteiger partial charge in [-0.1, -0.05) is 58.4 Å². The Balaban J connectivity index is 2.14. The second-order valence-corrected chi connectivity index (χ2v) is 7.03. The van der Waals surface area contributed by atoms with E-state index in [1.807, 2.05) is 54.6 Å². The molecule has 0 heterocycles. The van der Waals surface area contributed by atoms with Crippen molar-refractivity contribution in [3.63, 3.8) is 0 Å². The van der Waals surface area contributed by atoms with E-state index in [-0.39, 0.29) is 22.8 Å². The average molecular weight is 393 g/mol. The smallest absolute Gasteiger partial charge is 0.315 e. The molecule has 0 aliphatic rings. The minimum atomic E-state index is -0.288. The number of hydrogen-bond acceptors (Lipinski definition) is 4. The maximum absolute atomic E-state index is 12.5. The molecule has 0 spiro atoms. The Labute approximate surface area is 148 Å². The molecular weight excluding hydrogens is 376 g/mol. The third-order valence-electron chi connectivity index (χ3n) is 3.34. The molecule has 0 amide bonds. The van der Waals surface area contributed by atoms with Crippen molar-refractivity contribution < 1.29 is 14.3 Å². The van der Waals surface area contributed by atoms with Crippen molar-refractivity contribution in [3.8, 4) is 0 Å². The van der Waals surface area contributed by atoms with Crippen LogP contribution in [0.5, 0.6) is 0 Å². The number of carbonyl (C=O) groups excluding carboxylic acids is 2. The van der Waals surface area contributed by atoms with Crippen LogP contribution in [-0.2, 0) is 9.53 Å². The molecule has 23 heavy (non-hydrogen) atoms. The second kappa shape index (κ2) is 8.89. The van der Waals surface area contributed by atoms with Crippen molar-refractivity contribution in [2.45, 2.75) is 11.7 Å². The Hall–Kier alpha value is -1.59. The van der Waals surface area contributed by atoms with E-state index in [0.29, 0.717) is 12.0 Å². The van der Waals surface area contributed by atoms with Crippen molar-refractivity contribution >= 4 is 39.4 Å². The van der Waals surface area contributed by atoms with E-state index in [9.17, 15) is 9.59 Å². The van der Waals surface area contributed by atoms with Gasteiger partial charge in [0.2, 0.25) is 0 Å². The number of Topliss-reactive ketones (excluding diaryl/α,β-unsaturated/α-hetero) is 1. The summed E-state index contributed by atoms with van der Waals surface area (Å²) in [5, 5.41) is -0.0880. The number of methoxy groups -OCH3 is 1. The molecular formula is C18H17BrO3S. The number of hydrogen-bond donors (Lipinski definition) is 0. The zero-order valence-electron chi connectivity index (χ0n) is 12.7. The first kappa shape index (κ1) is 17.8. The topological polar surface area (TPSA) is 43.4 Å². The number of ketones is 1. The first-order chi connectivity index (χ1) is 11.1. The van der Waals surface area contributed by atoms with Crippen LogP contribution in [0.15, 0.2) is 59.1 Å². The molecule has 0 radical (unpaired) electrons. The molecule has 120 valence electrons. The van der Waals surface area contributed by atoms with Crippen LogP contribution in [0, 0.1) is 0 Å². The van der Waals surface area contributed by atoms with E-state index in [4.69, 9.17) is 4.74 Å². The van der Waals surface area contributed by atoms with Crippen LogP contribution < -0.4 is 0 Å². The predicted octanol–water partition coefficient (Wildman–Crippen LogP) is 4.67. The van der Waals surface area contributed by atoms with Crippen LogP contribution in [0.3, 0.4) is 0 Å². The van der Waals surface area contributed by atoms with E-state index in [0.717, 1.165) is 10.0 Å². The van der Waals surface area contributed by atoms with Gasteiger partial charge in [-0.15, -0.1) is 11.8 Å². The molecule has 0 N–H and O–H groups in total. The second-order valence-electron chi connectivity index (χ2n) is 4.92. The fourth-order valence-electron chi connectivity index (χ4n) is 2.09. The summed E-state index contributed by atoms with van der Waals surface area (Å²) in [5.41, 5.74) is 1.71. The zero-order valence-corrected chi connectivity index (χ0v) is 15.1. The van der Waals surface area contributed by atoms with Crippen LogP contribution in [0.2, 0.25) is 0 Å². The van der Waals surface area contributed by atoms with E-state index >= 15 is 0 Å². The summed E-state index contributed by atoms with van der Waals surface area (Å²) in [6, 6.07) is 17.0. The van der Waals surface area contributed by atoms with E-state index in [2.05, 4.69) is 15.9 Å². The van der Waals surface area contributed by atoms with Gasteiger partial charge in [-0.3, -0.25) is 9.59 Å². The minimum Gasteiger partial charge on any atom is -0.468 e. The molecule has 0 saturated carbocycles. The van der Waals surface area contributed by atoms with Gasteiger partial charge in [-0.25, -0.2) is 0 Å². The molecule has 1 atom stereocenters. The molecule has 3 nitrogen and oxygen atoms in total. The fourth-order valence-corrected chi connectivity index (χ4v) is 3.43. The third-order valence-corrected chi connectivity index (χ3v) is 5.11. The normalized spacial score (nSPS) is 11.7. The molecule has 0 saturated heterocycles. The molecule has 0 aliphatic heterocycles. The van der Waals surface area contributed by atoms with Gasteiger partial charge in [-0.05, 0) is 17.7 Å². The van der Waals surface area contributed by atoms with Crippen molar-refractivity contribution in [1.82, 2.24) is 0 Å². The number of halogens is 1. The molecule has 0 unspecified atom stereocenters. The summed E-state index contributed by atoms with van der Waals surface area (Å²) in [4.78, 5) is 23.9. The molecule has 2 aromatic rings. The van der Waals surface area contributed by atoms with Gasteiger partial charge in [0.05, 0.1) is 12.9 Å². The highest BCUT2D eigenvalue weighted by atomic mass is 79.9. The first-order valence-corrected chi connectivity index (χ1v) is 8.96. The number of carbonyl (C=O) groups is 2. The molecule has 0 aliphatic carbocycles. The van der Waals surface area contributed by atoms with Crippen molar-refractivity contribution in [1.29, 1.82) is 0 Å². The lowest BCUT2D eigenvalue weighted by Gasteiger charge is -2.16. The molecule has 0 aromatic heterocycles. The van der Waals surface area contributed by atoms with Gasteiger partial charge in [0, 0.05) is 21.7 Å². The number of rotatable bonds is 7. The Morgan fingerprint density at radius 3 is 2.35 bits per heavy atom. The van der Waals surface area contributed by atoms with Crippen LogP contribution in [-0.4, -0.2) is 24.6 Å². The van der Waals surface area contributed by atoms with Crippen LogP contribution in [0.1, 0.15) is 27.6 Å². The molecule has 2 aromatic carbocycles. The largest absolute Gasteiger partial charge is 0.468 e. The summed E-state index contributed by atoms with van der Waals surface area (Å²) in [7, 11) is 1.37. The number of ether oxygens (including phenoxy) is 1. The van der Waals surface area contributed by atoms with Crippen molar-refractivity contribution in [2.24, 2.45) is 0 Å². The van der Waals surface area contributed by atoms with E-state index < -0.39 is 0 Å². The first-order valence-electron chi connectivity index (χ1n) is 7.12. The van der Waals surface area contributed by atoms with Gasteiger partial charge < -0.3 is 4.74 Å². The Morgan fingerprint density at radius 1 is 1.09 bits per heavy atom. The summed E-state index contributed by atoms with van der Waals surface area (Å²) < 4.78 is 5.67. The summed E-state index contributed by atoms with van der Waals surface area (Å²) in [5.74, 6) is -0.000549. The Bertz CT molecular complexity index is 656. The fraction of sp³-hybridized carbons (Fsp3) is 0.222. The summed E-state index contributed by atoms with van der Waals surface area (Å²) >= 11 is 4.83. The Morgan fingerprint density at radius 2 is 1.74 bits per heavy atom. The quantitative estimate of drug-likeness (QED) is 0.507. The van der Waals surface area contributed by atoms with Crippen LogP contribution >= 0.6 is 27.7 Å². The molecule has 0 fully saturated rings. The molecule has 2 rings (SSSR count). The molecule has 0 bridgehead atoms. The summed E-state index contributed by atoms with van der Waals surface area (Å²) in [6.45, 7) is 0. The van der Waals surface area contributed by atoms with Gasteiger partial charge in [0.15, 0.2) is 5.78 Å². The maximum atomic E-state index is 12.5. The van der Waals surface area contributed by atoms with Crippen molar-refractivity contribution in [2.75, 3.05) is 12.9 Å². The maximum Gasteiger partial charge on any atom is 0.315 e. The lowest BCUT2D eigenvalue weighted by atomic mass is 10.0. The average Bonchev–Trinajstić information content (AvgIpc) is 2.59. The van der Waals surface area contributed by atoms with Gasteiger partial charge >= 0.3 is 5.97 Å². The predicted molar refractivity (Wildman–Crippen MR) is 96.7 cm³/mol. The highest BCUT2D eigenvalue weighted by Crippen LogP contribution is 2.34. The monoisotopic (exact) mass is 392 g/mol. The van der Waals surface area contributed by atoms with Crippen LogP contribution in [0.4, 0.5) is 0 Å². The standard InChI is InChI=1S/C18H17BrO3S/c1-22-18(21)12-23-17(14-7-9-15(19)10-8-14)11-16(20)13-5-3-2-4-6-13/h2-10,17H,11-12H2,1H3/t17-/m0/s1.